The summed E-state index contributed by atoms with van der Waals surface area (Å²) in [5, 5.41) is 0. The fraction of sp³-hybridized carbons (Fsp3) is 0.250. The number of benzene rings is 2. The molecule has 0 unspecified atom stereocenters. The topological polar surface area (TPSA) is 76.6 Å². The lowest BCUT2D eigenvalue weighted by Gasteiger charge is -2.30. The molecule has 162 valence electrons. The Morgan fingerprint density at radius 1 is 1.00 bits per heavy atom. The Morgan fingerprint density at radius 2 is 1.68 bits per heavy atom. The third-order valence-electron chi connectivity index (χ3n) is 4.96. The molecule has 0 fully saturated rings. The molecule has 0 radical (unpaired) electrons. The molecule has 3 rings (SSSR count). The van der Waals surface area contributed by atoms with Gasteiger partial charge in [-0.2, -0.15) is 4.31 Å². The standard InChI is InChI=1S/C24H26N2O4S/c1-4-26(31(28,29)22-14-12-20(13-15-22)24(27)30-5-2)23(21-7-6-16-25-17-21)19-10-8-18(3)9-11-19/h6-17,23H,4-5H2,1-3H3/t23-/m1/s1. The number of ether oxygens (including phenoxy) is 1. The number of nitrogens with zero attached hydrogens (tertiary/aromatic N) is 2. The maximum atomic E-state index is 13.6. The van der Waals surface area contributed by atoms with Crippen LogP contribution in [0, 0.1) is 6.92 Å². The van der Waals surface area contributed by atoms with Crippen molar-refractivity contribution < 1.29 is 17.9 Å². The van der Waals surface area contributed by atoms with E-state index in [-0.39, 0.29) is 18.0 Å². The molecular formula is C24H26N2O4S. The van der Waals surface area contributed by atoms with Gasteiger partial charge in [-0.3, -0.25) is 4.98 Å². The normalized spacial score (nSPS) is 12.5. The molecule has 6 nitrogen and oxygen atoms in total. The fourth-order valence-corrected chi connectivity index (χ4v) is 5.03. The van der Waals surface area contributed by atoms with Crippen LogP contribution in [0.3, 0.4) is 0 Å². The average Bonchev–Trinajstić information content (AvgIpc) is 2.79. The number of hydrogen-bond acceptors (Lipinski definition) is 5. The van der Waals surface area contributed by atoms with Crippen LogP contribution in [0.4, 0.5) is 0 Å². The Hall–Kier alpha value is -3.03. The van der Waals surface area contributed by atoms with Crippen molar-refractivity contribution in [2.45, 2.75) is 31.7 Å². The highest BCUT2D eigenvalue weighted by Crippen LogP contribution is 2.33. The van der Waals surface area contributed by atoms with Gasteiger partial charge >= 0.3 is 5.97 Å². The minimum absolute atomic E-state index is 0.114. The molecule has 0 saturated carbocycles. The van der Waals surface area contributed by atoms with Crippen molar-refractivity contribution >= 4 is 16.0 Å². The maximum absolute atomic E-state index is 13.6. The first-order chi connectivity index (χ1) is 14.9. The Kier molecular flexibility index (Phi) is 7.20. The number of pyridine rings is 1. The zero-order chi connectivity index (χ0) is 22.4. The van der Waals surface area contributed by atoms with Crippen LogP contribution in [0.15, 0.2) is 78.0 Å². The van der Waals surface area contributed by atoms with Gasteiger partial charge in [0.1, 0.15) is 0 Å². The first-order valence-corrected chi connectivity index (χ1v) is 11.6. The highest BCUT2D eigenvalue weighted by atomic mass is 32.2. The third-order valence-corrected chi connectivity index (χ3v) is 6.92. The number of aryl methyl sites for hydroxylation is 1. The van der Waals surface area contributed by atoms with Gasteiger partial charge in [-0.1, -0.05) is 42.8 Å². The van der Waals surface area contributed by atoms with Crippen LogP contribution in [0.2, 0.25) is 0 Å². The van der Waals surface area contributed by atoms with E-state index >= 15 is 0 Å². The molecule has 1 atom stereocenters. The third kappa shape index (κ3) is 5.00. The summed E-state index contributed by atoms with van der Waals surface area (Å²) < 4.78 is 33.7. The minimum atomic E-state index is -3.86. The van der Waals surface area contributed by atoms with Crippen LogP contribution in [-0.2, 0) is 14.8 Å². The predicted molar refractivity (Wildman–Crippen MR) is 119 cm³/mol. The van der Waals surface area contributed by atoms with Crippen molar-refractivity contribution in [2.75, 3.05) is 13.2 Å². The highest BCUT2D eigenvalue weighted by Gasteiger charge is 2.32. The fourth-order valence-electron chi connectivity index (χ4n) is 3.42. The summed E-state index contributed by atoms with van der Waals surface area (Å²) in [6.45, 7) is 6.03. The second-order valence-electron chi connectivity index (χ2n) is 7.05. The molecule has 0 N–H and O–H groups in total. The van der Waals surface area contributed by atoms with E-state index in [9.17, 15) is 13.2 Å². The molecule has 3 aromatic rings. The van der Waals surface area contributed by atoms with E-state index in [1.54, 1.807) is 25.4 Å². The SMILES string of the molecule is CCOC(=O)c1ccc(S(=O)(=O)N(CC)[C@H](c2ccc(C)cc2)c2cccnc2)cc1. The predicted octanol–water partition coefficient (Wildman–Crippen LogP) is 4.37. The van der Waals surface area contributed by atoms with E-state index in [1.165, 1.54) is 28.6 Å². The first-order valence-electron chi connectivity index (χ1n) is 10.1. The molecule has 7 heteroatoms. The van der Waals surface area contributed by atoms with E-state index in [4.69, 9.17) is 4.74 Å². The maximum Gasteiger partial charge on any atom is 0.338 e. The molecule has 1 heterocycles. The average molecular weight is 439 g/mol. The van der Waals surface area contributed by atoms with Crippen molar-refractivity contribution in [3.63, 3.8) is 0 Å². The number of esters is 1. The lowest BCUT2D eigenvalue weighted by Crippen LogP contribution is -2.35. The van der Waals surface area contributed by atoms with Crippen LogP contribution in [0.1, 0.15) is 46.9 Å². The second-order valence-corrected chi connectivity index (χ2v) is 8.94. The van der Waals surface area contributed by atoms with E-state index < -0.39 is 22.0 Å². The molecule has 1 aromatic heterocycles. The number of hydrogen-bond donors (Lipinski definition) is 0. The summed E-state index contributed by atoms with van der Waals surface area (Å²) in [4.78, 5) is 16.2. The first kappa shape index (κ1) is 22.7. The van der Waals surface area contributed by atoms with Gasteiger partial charge in [0.15, 0.2) is 0 Å². The molecule has 0 saturated heterocycles. The molecule has 31 heavy (non-hydrogen) atoms. The van der Waals surface area contributed by atoms with Gasteiger partial charge in [-0.05, 0) is 55.3 Å². The van der Waals surface area contributed by atoms with Gasteiger partial charge in [0.2, 0.25) is 10.0 Å². The largest absolute Gasteiger partial charge is 0.462 e. The Labute approximate surface area is 183 Å². The number of aromatic nitrogens is 1. The van der Waals surface area contributed by atoms with Crippen molar-refractivity contribution in [3.8, 4) is 0 Å². The summed E-state index contributed by atoms with van der Waals surface area (Å²) in [5.41, 5.74) is 3.03. The second kappa shape index (κ2) is 9.85. The van der Waals surface area contributed by atoms with Crippen LogP contribution in [0.5, 0.6) is 0 Å². The van der Waals surface area contributed by atoms with Crippen molar-refractivity contribution in [1.29, 1.82) is 0 Å². The minimum Gasteiger partial charge on any atom is -0.462 e. The van der Waals surface area contributed by atoms with Gasteiger partial charge in [0.05, 0.1) is 23.1 Å². The number of carbonyl (C=O) groups is 1. The van der Waals surface area contributed by atoms with Gasteiger partial charge in [0, 0.05) is 18.9 Å². The molecule has 0 aliphatic carbocycles. The monoisotopic (exact) mass is 438 g/mol. The van der Waals surface area contributed by atoms with Crippen LogP contribution < -0.4 is 0 Å². The van der Waals surface area contributed by atoms with Gasteiger partial charge in [-0.25, -0.2) is 13.2 Å². The quantitative estimate of drug-likeness (QED) is 0.488. The summed E-state index contributed by atoms with van der Waals surface area (Å²) in [6, 6.07) is 16.8. The summed E-state index contributed by atoms with van der Waals surface area (Å²) in [6.07, 6.45) is 3.35. The van der Waals surface area contributed by atoms with Crippen molar-refractivity contribution in [3.05, 3.63) is 95.3 Å². The van der Waals surface area contributed by atoms with Gasteiger partial charge in [-0.15, -0.1) is 0 Å². The lowest BCUT2D eigenvalue weighted by molar-refractivity contribution is 0.0526. The highest BCUT2D eigenvalue weighted by molar-refractivity contribution is 7.89. The Balaban J connectivity index is 2.05. The molecule has 0 spiro atoms. The zero-order valence-corrected chi connectivity index (χ0v) is 18.7. The molecule has 0 amide bonds. The van der Waals surface area contributed by atoms with E-state index in [0.29, 0.717) is 5.56 Å². The van der Waals surface area contributed by atoms with Crippen LogP contribution in [0.25, 0.3) is 0 Å². The summed E-state index contributed by atoms with van der Waals surface area (Å²) in [5.74, 6) is -0.480. The molecule has 0 aliphatic rings. The van der Waals surface area contributed by atoms with E-state index in [2.05, 4.69) is 4.98 Å². The van der Waals surface area contributed by atoms with Crippen molar-refractivity contribution in [1.82, 2.24) is 9.29 Å². The van der Waals surface area contributed by atoms with Gasteiger partial charge < -0.3 is 4.74 Å². The van der Waals surface area contributed by atoms with E-state index in [1.807, 2.05) is 44.2 Å². The molecule has 2 aromatic carbocycles. The van der Waals surface area contributed by atoms with Crippen molar-refractivity contribution in [2.24, 2.45) is 0 Å². The van der Waals surface area contributed by atoms with Gasteiger partial charge in [0.25, 0.3) is 0 Å². The molecular weight excluding hydrogens is 412 g/mol. The Morgan fingerprint density at radius 3 is 2.23 bits per heavy atom. The smallest absolute Gasteiger partial charge is 0.338 e. The number of carbonyl (C=O) groups excluding carboxylic acids is 1. The lowest BCUT2D eigenvalue weighted by atomic mass is 9.99. The van der Waals surface area contributed by atoms with Crippen LogP contribution >= 0.6 is 0 Å². The zero-order valence-electron chi connectivity index (χ0n) is 17.9. The van der Waals surface area contributed by atoms with E-state index in [0.717, 1.165) is 16.7 Å². The Bertz CT molecular complexity index is 1110. The van der Waals surface area contributed by atoms with Crippen LogP contribution in [-0.4, -0.2) is 36.8 Å². The number of rotatable bonds is 8. The number of sulfonamides is 1. The summed E-state index contributed by atoms with van der Waals surface area (Å²) >= 11 is 0. The molecule has 0 bridgehead atoms. The summed E-state index contributed by atoms with van der Waals surface area (Å²) in [7, 11) is -3.86. The molecule has 0 aliphatic heterocycles.